The van der Waals surface area contributed by atoms with Gasteiger partial charge in [-0.3, -0.25) is 4.79 Å². The van der Waals surface area contributed by atoms with E-state index < -0.39 is 23.4 Å². The van der Waals surface area contributed by atoms with Crippen LogP contribution in [0.4, 0.5) is 13.2 Å². The van der Waals surface area contributed by atoms with Gasteiger partial charge in [-0.15, -0.1) is 0 Å². The molecule has 3 nitrogen and oxygen atoms in total. The summed E-state index contributed by atoms with van der Waals surface area (Å²) in [5.74, 6) is -5.05. The van der Waals surface area contributed by atoms with Crippen LogP contribution in [0, 0.1) is 22.9 Å². The molecule has 0 atom stereocenters. The lowest BCUT2D eigenvalue weighted by Gasteiger charge is -2.35. The highest BCUT2D eigenvalue weighted by Gasteiger charge is 2.31. The van der Waals surface area contributed by atoms with Crippen LogP contribution < -0.4 is 5.32 Å². The van der Waals surface area contributed by atoms with E-state index in [0.717, 1.165) is 32.1 Å². The molecule has 0 radical (unpaired) electrons. The van der Waals surface area contributed by atoms with Gasteiger partial charge in [0.05, 0.1) is 6.61 Å². The van der Waals surface area contributed by atoms with Gasteiger partial charge in [-0.1, -0.05) is 19.3 Å². The van der Waals surface area contributed by atoms with Crippen LogP contribution in [-0.4, -0.2) is 24.2 Å². The van der Waals surface area contributed by atoms with E-state index in [-0.39, 0.29) is 24.1 Å². The molecule has 1 saturated carbocycles. The first-order valence-corrected chi connectivity index (χ1v) is 7.01. The second-order valence-corrected chi connectivity index (χ2v) is 5.66. The van der Waals surface area contributed by atoms with Crippen LogP contribution in [0.1, 0.15) is 42.5 Å². The van der Waals surface area contributed by atoms with Crippen LogP contribution >= 0.6 is 0 Å². The maximum Gasteiger partial charge on any atom is 0.251 e. The van der Waals surface area contributed by atoms with E-state index in [1.807, 2.05) is 0 Å². The largest absolute Gasteiger partial charge is 0.396 e. The van der Waals surface area contributed by atoms with Crippen molar-refractivity contribution < 1.29 is 23.1 Å². The van der Waals surface area contributed by atoms with Crippen molar-refractivity contribution in [3.8, 4) is 0 Å². The number of aliphatic hydroxyl groups is 1. The summed E-state index contributed by atoms with van der Waals surface area (Å²) in [5.41, 5.74) is -0.638. The lowest BCUT2D eigenvalue weighted by atomic mass is 9.74. The average molecular weight is 301 g/mol. The molecule has 0 heterocycles. The quantitative estimate of drug-likeness (QED) is 0.840. The Bertz CT molecular complexity index is 505. The molecule has 1 fully saturated rings. The molecule has 0 unspecified atom stereocenters. The molecular formula is C15H18F3NO2. The van der Waals surface area contributed by atoms with E-state index in [4.69, 9.17) is 0 Å². The van der Waals surface area contributed by atoms with E-state index in [1.165, 1.54) is 0 Å². The fourth-order valence-electron chi connectivity index (χ4n) is 2.75. The number of carbonyl (C=O) groups is 1. The maximum atomic E-state index is 13.1. The molecule has 2 rings (SSSR count). The molecule has 2 N–H and O–H groups in total. The third-order valence-corrected chi connectivity index (χ3v) is 4.12. The Hall–Kier alpha value is -1.56. The summed E-state index contributed by atoms with van der Waals surface area (Å²) in [6.07, 6.45) is 4.67. The third kappa shape index (κ3) is 3.56. The maximum absolute atomic E-state index is 13.1. The van der Waals surface area contributed by atoms with E-state index in [2.05, 4.69) is 5.32 Å². The summed E-state index contributed by atoms with van der Waals surface area (Å²) in [4.78, 5) is 11.9. The Morgan fingerprint density at radius 1 is 1.14 bits per heavy atom. The lowest BCUT2D eigenvalue weighted by molar-refractivity contribution is 0.0717. The van der Waals surface area contributed by atoms with Crippen LogP contribution in [0.15, 0.2) is 12.1 Å². The number of rotatable bonds is 4. The number of benzene rings is 1. The minimum atomic E-state index is -1.59. The zero-order chi connectivity index (χ0) is 15.5. The Balaban J connectivity index is 2.04. The number of hydrogen-bond donors (Lipinski definition) is 2. The second kappa shape index (κ2) is 6.47. The molecular weight excluding hydrogens is 283 g/mol. The van der Waals surface area contributed by atoms with Gasteiger partial charge in [0, 0.05) is 17.5 Å². The van der Waals surface area contributed by atoms with Crippen molar-refractivity contribution in [2.45, 2.75) is 32.1 Å². The number of carbonyl (C=O) groups excluding carboxylic acids is 1. The summed E-state index contributed by atoms with van der Waals surface area (Å²) < 4.78 is 39.1. The summed E-state index contributed by atoms with van der Waals surface area (Å²) in [6.45, 7) is 0.197. The van der Waals surface area contributed by atoms with Crippen LogP contribution in [0.3, 0.4) is 0 Å². The highest BCUT2D eigenvalue weighted by molar-refractivity contribution is 5.94. The van der Waals surface area contributed by atoms with Crippen LogP contribution in [0.5, 0.6) is 0 Å². The van der Waals surface area contributed by atoms with Gasteiger partial charge in [0.25, 0.3) is 5.91 Å². The first-order chi connectivity index (χ1) is 9.97. The zero-order valence-corrected chi connectivity index (χ0v) is 11.6. The molecule has 6 heteroatoms. The number of nitrogens with one attached hydrogen (secondary N) is 1. The summed E-state index contributed by atoms with van der Waals surface area (Å²) in [5, 5.41) is 12.1. The molecule has 0 saturated heterocycles. The van der Waals surface area contributed by atoms with Crippen molar-refractivity contribution in [2.75, 3.05) is 13.2 Å². The van der Waals surface area contributed by atoms with Crippen molar-refractivity contribution in [3.63, 3.8) is 0 Å². The highest BCUT2D eigenvalue weighted by atomic mass is 19.2. The molecule has 0 aliphatic heterocycles. The normalized spacial score (nSPS) is 17.5. The minimum absolute atomic E-state index is 0.0422. The van der Waals surface area contributed by atoms with Crippen molar-refractivity contribution in [1.29, 1.82) is 0 Å². The highest BCUT2D eigenvalue weighted by Crippen LogP contribution is 2.35. The Kier molecular flexibility index (Phi) is 4.88. The van der Waals surface area contributed by atoms with Gasteiger partial charge >= 0.3 is 0 Å². The van der Waals surface area contributed by atoms with Crippen LogP contribution in [-0.2, 0) is 0 Å². The smallest absolute Gasteiger partial charge is 0.251 e. The fourth-order valence-corrected chi connectivity index (χ4v) is 2.75. The van der Waals surface area contributed by atoms with Gasteiger partial charge in [0.2, 0.25) is 0 Å². The number of hydrogen-bond acceptors (Lipinski definition) is 2. The number of amides is 1. The molecule has 21 heavy (non-hydrogen) atoms. The molecule has 1 aliphatic carbocycles. The Morgan fingerprint density at radius 3 is 2.24 bits per heavy atom. The molecule has 1 aliphatic rings. The van der Waals surface area contributed by atoms with E-state index in [1.54, 1.807) is 0 Å². The fraction of sp³-hybridized carbons (Fsp3) is 0.533. The van der Waals surface area contributed by atoms with Gasteiger partial charge in [0.15, 0.2) is 17.5 Å². The standard InChI is InChI=1S/C15H18F3NO2/c16-11-6-10(7-12(17)13(11)18)14(21)19-8-15(9-20)4-2-1-3-5-15/h6-7,20H,1-5,8-9H2,(H,19,21). The van der Waals surface area contributed by atoms with E-state index in [9.17, 15) is 23.1 Å². The van der Waals surface area contributed by atoms with Crippen LogP contribution in [0.25, 0.3) is 0 Å². The topological polar surface area (TPSA) is 49.3 Å². The third-order valence-electron chi connectivity index (χ3n) is 4.12. The lowest BCUT2D eigenvalue weighted by Crippen LogP contribution is -2.41. The first kappa shape index (κ1) is 15.8. The molecule has 116 valence electrons. The van der Waals surface area contributed by atoms with Gasteiger partial charge in [-0.2, -0.15) is 0 Å². The minimum Gasteiger partial charge on any atom is -0.396 e. The van der Waals surface area contributed by atoms with Crippen molar-refractivity contribution in [1.82, 2.24) is 5.32 Å². The monoisotopic (exact) mass is 301 g/mol. The van der Waals surface area contributed by atoms with Crippen molar-refractivity contribution in [2.24, 2.45) is 5.41 Å². The summed E-state index contributed by atoms with van der Waals surface area (Å²) >= 11 is 0. The molecule has 1 aromatic carbocycles. The number of halogens is 3. The first-order valence-electron chi connectivity index (χ1n) is 7.01. The van der Waals surface area contributed by atoms with E-state index in [0.29, 0.717) is 12.1 Å². The molecule has 0 bridgehead atoms. The Labute approximate surface area is 121 Å². The van der Waals surface area contributed by atoms with Gasteiger partial charge in [0.1, 0.15) is 0 Å². The summed E-state index contributed by atoms with van der Waals surface area (Å²) in [6, 6.07) is 1.33. The SMILES string of the molecule is O=C(NCC1(CO)CCCCC1)c1cc(F)c(F)c(F)c1. The predicted molar refractivity (Wildman–Crippen MR) is 71.3 cm³/mol. The Morgan fingerprint density at radius 2 is 1.71 bits per heavy atom. The summed E-state index contributed by atoms with van der Waals surface area (Å²) in [7, 11) is 0. The predicted octanol–water partition coefficient (Wildman–Crippen LogP) is 2.78. The molecule has 0 spiro atoms. The number of aliphatic hydroxyl groups excluding tert-OH is 1. The van der Waals surface area contributed by atoms with Crippen LogP contribution in [0.2, 0.25) is 0 Å². The average Bonchev–Trinajstić information content (AvgIpc) is 2.50. The zero-order valence-electron chi connectivity index (χ0n) is 11.6. The van der Waals surface area contributed by atoms with Gasteiger partial charge in [-0.05, 0) is 25.0 Å². The molecule has 1 amide bonds. The van der Waals surface area contributed by atoms with Crippen molar-refractivity contribution >= 4 is 5.91 Å². The van der Waals surface area contributed by atoms with Crippen molar-refractivity contribution in [3.05, 3.63) is 35.1 Å². The van der Waals surface area contributed by atoms with E-state index >= 15 is 0 Å². The molecule has 0 aromatic heterocycles. The van der Waals surface area contributed by atoms with Gasteiger partial charge < -0.3 is 10.4 Å². The van der Waals surface area contributed by atoms with Gasteiger partial charge in [-0.25, -0.2) is 13.2 Å². The molecule has 1 aromatic rings. The second-order valence-electron chi connectivity index (χ2n) is 5.66.